The van der Waals surface area contributed by atoms with Crippen molar-refractivity contribution in [2.75, 3.05) is 5.32 Å². The molecule has 110 valence electrons. The van der Waals surface area contributed by atoms with Gasteiger partial charge in [-0.3, -0.25) is 10.1 Å². The Labute approximate surface area is 136 Å². The second kappa shape index (κ2) is 6.95. The van der Waals surface area contributed by atoms with Crippen LogP contribution < -0.4 is 5.32 Å². The van der Waals surface area contributed by atoms with Crippen molar-refractivity contribution in [3.05, 3.63) is 44.6 Å². The minimum atomic E-state index is -0.305. The van der Waals surface area contributed by atoms with Crippen LogP contribution in [0.3, 0.4) is 0 Å². The lowest BCUT2D eigenvalue weighted by atomic mass is 10.2. The van der Waals surface area contributed by atoms with Crippen LogP contribution in [-0.2, 0) is 12.8 Å². The summed E-state index contributed by atoms with van der Waals surface area (Å²) in [7, 11) is 0. The molecule has 0 spiro atoms. The van der Waals surface area contributed by atoms with Gasteiger partial charge in [0.05, 0.1) is 16.4 Å². The van der Waals surface area contributed by atoms with Gasteiger partial charge in [0.25, 0.3) is 5.91 Å². The van der Waals surface area contributed by atoms with E-state index in [-0.39, 0.29) is 11.9 Å². The van der Waals surface area contributed by atoms with Crippen molar-refractivity contribution in [1.82, 2.24) is 15.2 Å². The van der Waals surface area contributed by atoms with E-state index >= 15 is 0 Å². The van der Waals surface area contributed by atoms with E-state index < -0.39 is 0 Å². The van der Waals surface area contributed by atoms with Crippen LogP contribution in [0.2, 0.25) is 5.02 Å². The van der Waals surface area contributed by atoms with E-state index in [9.17, 15) is 4.79 Å². The summed E-state index contributed by atoms with van der Waals surface area (Å²) in [5.74, 6) is -0.0967. The Kier molecular flexibility index (Phi) is 5.25. The molecule has 0 atom stereocenters. The zero-order valence-electron chi connectivity index (χ0n) is 11.7. The number of hydrogen-bond acceptors (Lipinski definition) is 4. The molecule has 0 aliphatic carbocycles. The van der Waals surface area contributed by atoms with Gasteiger partial charge in [-0.2, -0.15) is 0 Å². The maximum Gasteiger partial charge on any atom is 0.258 e. The van der Waals surface area contributed by atoms with Crippen LogP contribution in [0.5, 0.6) is 0 Å². The Bertz CT molecular complexity index is 678. The third kappa shape index (κ3) is 3.77. The predicted octanol–water partition coefficient (Wildman–Crippen LogP) is 3.66. The third-order valence-corrected chi connectivity index (χ3v) is 4.13. The lowest BCUT2D eigenvalue weighted by Gasteiger charge is -2.07. The second-order valence-electron chi connectivity index (χ2n) is 4.32. The highest BCUT2D eigenvalue weighted by Gasteiger charge is 2.12. The largest absolute Gasteiger partial charge is 0.289 e. The van der Waals surface area contributed by atoms with Crippen LogP contribution in [0.4, 0.5) is 5.95 Å². The molecule has 1 amide bonds. The number of halogens is 2. The van der Waals surface area contributed by atoms with Crippen LogP contribution in [0.1, 0.15) is 35.6 Å². The smallest absolute Gasteiger partial charge is 0.258 e. The minimum absolute atomic E-state index is 0.208. The molecule has 1 heterocycles. The number of amides is 1. The van der Waals surface area contributed by atoms with Crippen molar-refractivity contribution in [1.29, 1.82) is 0 Å². The predicted molar refractivity (Wildman–Crippen MR) is 85.7 cm³/mol. The van der Waals surface area contributed by atoms with Crippen molar-refractivity contribution in [2.45, 2.75) is 26.7 Å². The molecule has 1 aromatic heterocycles. The average Bonchev–Trinajstić information content (AvgIpc) is 2.49. The number of aryl methyl sites for hydroxylation is 2. The fraction of sp³-hybridized carbons (Fsp3) is 0.286. The number of nitrogens with one attached hydrogen (secondary N) is 1. The van der Waals surface area contributed by atoms with E-state index in [1.165, 1.54) is 0 Å². The Hall–Kier alpha value is -1.53. The molecule has 21 heavy (non-hydrogen) atoms. The zero-order chi connectivity index (χ0) is 15.4. The molecule has 1 aromatic carbocycles. The highest BCUT2D eigenvalue weighted by atomic mass is 79.9. The molecule has 0 radical (unpaired) electrons. The van der Waals surface area contributed by atoms with Crippen molar-refractivity contribution in [3.8, 4) is 0 Å². The van der Waals surface area contributed by atoms with Gasteiger partial charge < -0.3 is 0 Å². The van der Waals surface area contributed by atoms with Crippen molar-refractivity contribution in [3.63, 3.8) is 0 Å². The Morgan fingerprint density at radius 3 is 2.57 bits per heavy atom. The van der Waals surface area contributed by atoms with Crippen molar-refractivity contribution in [2.24, 2.45) is 0 Å². The van der Waals surface area contributed by atoms with Crippen molar-refractivity contribution >= 4 is 39.4 Å². The molecule has 0 saturated heterocycles. The Morgan fingerprint density at radius 2 is 1.95 bits per heavy atom. The van der Waals surface area contributed by atoms with Crippen LogP contribution in [-0.4, -0.2) is 21.1 Å². The fourth-order valence-electron chi connectivity index (χ4n) is 1.80. The summed E-state index contributed by atoms with van der Waals surface area (Å²) in [5.41, 5.74) is 2.16. The first-order chi connectivity index (χ1) is 10.0. The van der Waals surface area contributed by atoms with E-state index in [1.807, 2.05) is 13.8 Å². The SMILES string of the molecule is CCc1nnc(NC(=O)c2ccc(Cl)c(Br)c2)nc1CC. The van der Waals surface area contributed by atoms with E-state index in [2.05, 4.69) is 36.4 Å². The quantitative estimate of drug-likeness (QED) is 0.893. The average molecular weight is 370 g/mol. The number of anilines is 1. The second-order valence-corrected chi connectivity index (χ2v) is 5.58. The topological polar surface area (TPSA) is 67.8 Å². The highest BCUT2D eigenvalue weighted by Crippen LogP contribution is 2.23. The molecule has 7 heteroatoms. The minimum Gasteiger partial charge on any atom is -0.289 e. The number of carbonyl (C=O) groups is 1. The molecule has 2 aromatic rings. The summed E-state index contributed by atoms with van der Waals surface area (Å²) >= 11 is 9.19. The molecule has 0 aliphatic heterocycles. The summed E-state index contributed by atoms with van der Waals surface area (Å²) in [4.78, 5) is 16.5. The molecule has 5 nitrogen and oxygen atoms in total. The van der Waals surface area contributed by atoms with Crippen LogP contribution >= 0.6 is 27.5 Å². The molecule has 0 fully saturated rings. The van der Waals surface area contributed by atoms with Gasteiger partial charge in [-0.25, -0.2) is 4.98 Å². The molecular weight excluding hydrogens is 356 g/mol. The summed E-state index contributed by atoms with van der Waals surface area (Å²) in [6, 6.07) is 4.93. The monoisotopic (exact) mass is 368 g/mol. The molecule has 0 unspecified atom stereocenters. The maximum atomic E-state index is 12.1. The molecule has 0 aliphatic rings. The lowest BCUT2D eigenvalue weighted by molar-refractivity contribution is 0.102. The number of nitrogens with zero attached hydrogens (tertiary/aromatic N) is 3. The van der Waals surface area contributed by atoms with Crippen LogP contribution in [0.15, 0.2) is 22.7 Å². The van der Waals surface area contributed by atoms with Gasteiger partial charge in [0, 0.05) is 10.0 Å². The number of aromatic nitrogens is 3. The van der Waals surface area contributed by atoms with Gasteiger partial charge in [-0.1, -0.05) is 25.4 Å². The summed E-state index contributed by atoms with van der Waals surface area (Å²) in [6.45, 7) is 3.99. The number of hydrogen-bond donors (Lipinski definition) is 1. The molecular formula is C14H14BrClN4O. The Morgan fingerprint density at radius 1 is 1.24 bits per heavy atom. The van der Waals surface area contributed by atoms with Gasteiger partial charge in [-0.05, 0) is 47.0 Å². The number of benzene rings is 1. The Balaban J connectivity index is 2.21. The van der Waals surface area contributed by atoms with Gasteiger partial charge >= 0.3 is 0 Å². The van der Waals surface area contributed by atoms with E-state index in [4.69, 9.17) is 11.6 Å². The maximum absolute atomic E-state index is 12.1. The standard InChI is InChI=1S/C14H14BrClN4O/c1-3-11-12(4-2)19-20-14(17-11)18-13(21)8-5-6-10(16)9(15)7-8/h5-7H,3-4H2,1-2H3,(H,17,18,20,21). The van der Waals surface area contributed by atoms with E-state index in [0.29, 0.717) is 15.1 Å². The molecule has 1 N–H and O–H groups in total. The number of rotatable bonds is 4. The van der Waals surface area contributed by atoms with Crippen molar-refractivity contribution < 1.29 is 4.79 Å². The zero-order valence-corrected chi connectivity index (χ0v) is 14.0. The molecule has 0 bridgehead atoms. The fourth-order valence-corrected chi connectivity index (χ4v) is 2.30. The normalized spacial score (nSPS) is 10.5. The summed E-state index contributed by atoms with van der Waals surface area (Å²) < 4.78 is 0.659. The summed E-state index contributed by atoms with van der Waals surface area (Å²) in [6.07, 6.45) is 1.51. The van der Waals surface area contributed by atoms with E-state index in [0.717, 1.165) is 24.2 Å². The molecule has 0 saturated carbocycles. The van der Waals surface area contributed by atoms with Gasteiger partial charge in [0.2, 0.25) is 5.95 Å². The highest BCUT2D eigenvalue weighted by molar-refractivity contribution is 9.10. The van der Waals surface area contributed by atoms with Gasteiger partial charge in [0.15, 0.2) is 0 Å². The lowest BCUT2D eigenvalue weighted by Crippen LogP contribution is -2.16. The first kappa shape index (κ1) is 15.9. The van der Waals surface area contributed by atoms with E-state index in [1.54, 1.807) is 18.2 Å². The summed E-state index contributed by atoms with van der Waals surface area (Å²) in [5, 5.41) is 11.2. The number of carbonyl (C=O) groups excluding carboxylic acids is 1. The third-order valence-electron chi connectivity index (χ3n) is 2.92. The van der Waals surface area contributed by atoms with Crippen LogP contribution in [0, 0.1) is 0 Å². The molecule has 2 rings (SSSR count). The first-order valence-corrected chi connectivity index (χ1v) is 7.71. The van der Waals surface area contributed by atoms with Gasteiger partial charge in [-0.15, -0.1) is 10.2 Å². The van der Waals surface area contributed by atoms with Gasteiger partial charge in [0.1, 0.15) is 0 Å². The van der Waals surface area contributed by atoms with Crippen LogP contribution in [0.25, 0.3) is 0 Å². The first-order valence-electron chi connectivity index (χ1n) is 6.54.